The zero-order valence-corrected chi connectivity index (χ0v) is 15.0. The van der Waals surface area contributed by atoms with Crippen molar-refractivity contribution in [2.45, 2.75) is 58.2 Å². The van der Waals surface area contributed by atoms with E-state index in [0.717, 1.165) is 38.0 Å². The molecule has 0 bridgehead atoms. The van der Waals surface area contributed by atoms with Crippen LogP contribution >= 0.6 is 23.2 Å². The number of benzene rings is 1. The quantitative estimate of drug-likeness (QED) is 0.859. The van der Waals surface area contributed by atoms with E-state index in [1.165, 1.54) is 0 Å². The Morgan fingerprint density at radius 3 is 2.48 bits per heavy atom. The minimum atomic E-state index is 0.124. The van der Waals surface area contributed by atoms with Gasteiger partial charge in [0.2, 0.25) is 0 Å². The lowest BCUT2D eigenvalue weighted by molar-refractivity contribution is 0.00236. The molecule has 0 unspecified atom stereocenters. The van der Waals surface area contributed by atoms with Crippen LogP contribution in [0.2, 0.25) is 10.0 Å². The predicted octanol–water partition coefficient (Wildman–Crippen LogP) is 4.74. The molecule has 0 aromatic heterocycles. The molecule has 1 heterocycles. The Balaban J connectivity index is 2.30. The second kappa shape index (κ2) is 6.45. The van der Waals surface area contributed by atoms with E-state index in [2.05, 4.69) is 44.0 Å². The van der Waals surface area contributed by atoms with E-state index in [0.29, 0.717) is 10.0 Å². The van der Waals surface area contributed by atoms with Gasteiger partial charge in [-0.3, -0.25) is 4.90 Å². The number of halogens is 2. The summed E-state index contributed by atoms with van der Waals surface area (Å²) in [6.07, 6.45) is 2.26. The standard InChI is InChI=1S/C17H26Cl2N2/c1-5-17(6-2)11-20-16(3,4)12-21(17)10-13-8-7-9-14(18)15(13)19/h7-9,20H,5-6,10-12H2,1-4H3. The Labute approximate surface area is 138 Å². The normalized spacial score (nSPS) is 21.4. The molecular weight excluding hydrogens is 303 g/mol. The van der Waals surface area contributed by atoms with Crippen molar-refractivity contribution in [1.29, 1.82) is 0 Å². The lowest BCUT2D eigenvalue weighted by Gasteiger charge is -2.52. The van der Waals surface area contributed by atoms with Gasteiger partial charge in [0.25, 0.3) is 0 Å². The molecule has 1 fully saturated rings. The maximum Gasteiger partial charge on any atom is 0.0637 e. The van der Waals surface area contributed by atoms with Crippen molar-refractivity contribution in [3.8, 4) is 0 Å². The molecule has 0 spiro atoms. The smallest absolute Gasteiger partial charge is 0.0637 e. The Hall–Kier alpha value is -0.280. The van der Waals surface area contributed by atoms with Gasteiger partial charge in [-0.1, -0.05) is 49.2 Å². The van der Waals surface area contributed by atoms with Crippen molar-refractivity contribution in [2.24, 2.45) is 0 Å². The van der Waals surface area contributed by atoms with Gasteiger partial charge in [-0.05, 0) is 38.3 Å². The van der Waals surface area contributed by atoms with E-state index in [4.69, 9.17) is 23.2 Å². The molecule has 0 amide bonds. The molecule has 0 atom stereocenters. The molecule has 4 heteroatoms. The molecule has 1 aliphatic rings. The summed E-state index contributed by atoms with van der Waals surface area (Å²) in [6.45, 7) is 11.9. The van der Waals surface area contributed by atoms with Crippen molar-refractivity contribution >= 4 is 23.2 Å². The molecule has 1 N–H and O–H groups in total. The summed E-state index contributed by atoms with van der Waals surface area (Å²) >= 11 is 12.6. The molecule has 0 aliphatic carbocycles. The van der Waals surface area contributed by atoms with Crippen LogP contribution in [-0.4, -0.2) is 29.1 Å². The fourth-order valence-electron chi connectivity index (χ4n) is 3.26. The van der Waals surface area contributed by atoms with Crippen LogP contribution in [-0.2, 0) is 6.54 Å². The number of hydrogen-bond donors (Lipinski definition) is 1. The summed E-state index contributed by atoms with van der Waals surface area (Å²) in [5.41, 5.74) is 1.44. The number of rotatable bonds is 4. The average molecular weight is 329 g/mol. The van der Waals surface area contributed by atoms with Gasteiger partial charge < -0.3 is 5.32 Å². The Morgan fingerprint density at radius 1 is 1.19 bits per heavy atom. The van der Waals surface area contributed by atoms with Gasteiger partial charge >= 0.3 is 0 Å². The third-order valence-electron chi connectivity index (χ3n) is 4.86. The largest absolute Gasteiger partial charge is 0.309 e. The average Bonchev–Trinajstić information content (AvgIpc) is 2.44. The lowest BCUT2D eigenvalue weighted by Crippen LogP contribution is -2.67. The maximum absolute atomic E-state index is 6.39. The van der Waals surface area contributed by atoms with E-state index in [1.54, 1.807) is 0 Å². The van der Waals surface area contributed by atoms with Crippen molar-refractivity contribution in [3.63, 3.8) is 0 Å². The van der Waals surface area contributed by atoms with Crippen LogP contribution in [0.5, 0.6) is 0 Å². The Bertz CT molecular complexity index is 496. The van der Waals surface area contributed by atoms with E-state index < -0.39 is 0 Å². The summed E-state index contributed by atoms with van der Waals surface area (Å²) in [5, 5.41) is 5.02. The summed E-state index contributed by atoms with van der Waals surface area (Å²) < 4.78 is 0. The highest BCUT2D eigenvalue weighted by Crippen LogP contribution is 2.34. The summed E-state index contributed by atoms with van der Waals surface area (Å²) in [6, 6.07) is 5.91. The van der Waals surface area contributed by atoms with E-state index in [1.807, 2.05) is 12.1 Å². The highest BCUT2D eigenvalue weighted by Gasteiger charge is 2.41. The molecule has 2 nitrogen and oxygen atoms in total. The highest BCUT2D eigenvalue weighted by atomic mass is 35.5. The number of hydrogen-bond acceptors (Lipinski definition) is 2. The van der Waals surface area contributed by atoms with E-state index >= 15 is 0 Å². The fraction of sp³-hybridized carbons (Fsp3) is 0.647. The molecule has 1 aromatic carbocycles. The molecule has 0 saturated carbocycles. The molecule has 1 saturated heterocycles. The fourth-order valence-corrected chi connectivity index (χ4v) is 3.64. The lowest BCUT2D eigenvalue weighted by atomic mass is 9.84. The van der Waals surface area contributed by atoms with Crippen LogP contribution in [0.1, 0.15) is 46.1 Å². The van der Waals surface area contributed by atoms with Crippen LogP contribution in [0.15, 0.2) is 18.2 Å². The zero-order chi connectivity index (χ0) is 15.7. The topological polar surface area (TPSA) is 15.3 Å². The van der Waals surface area contributed by atoms with E-state index in [-0.39, 0.29) is 11.1 Å². The van der Waals surface area contributed by atoms with Crippen LogP contribution in [0, 0.1) is 0 Å². The predicted molar refractivity (Wildman–Crippen MR) is 92.3 cm³/mol. The molecule has 1 aromatic rings. The van der Waals surface area contributed by atoms with Crippen molar-refractivity contribution in [2.75, 3.05) is 13.1 Å². The summed E-state index contributed by atoms with van der Waals surface area (Å²) in [7, 11) is 0. The molecular formula is C17H26Cl2N2. The van der Waals surface area contributed by atoms with Gasteiger partial charge in [0, 0.05) is 30.7 Å². The maximum atomic E-state index is 6.39. The van der Waals surface area contributed by atoms with Crippen LogP contribution in [0.25, 0.3) is 0 Å². The van der Waals surface area contributed by atoms with Crippen LogP contribution in [0.3, 0.4) is 0 Å². The molecule has 1 aliphatic heterocycles. The van der Waals surface area contributed by atoms with Gasteiger partial charge in [-0.15, -0.1) is 0 Å². The third kappa shape index (κ3) is 3.56. The minimum absolute atomic E-state index is 0.124. The Kier molecular flexibility index (Phi) is 5.25. The second-order valence-corrected chi connectivity index (χ2v) is 7.52. The van der Waals surface area contributed by atoms with Gasteiger partial charge in [-0.25, -0.2) is 0 Å². The molecule has 2 rings (SSSR count). The SMILES string of the molecule is CCC1(CC)CNC(C)(C)CN1Cc1cccc(Cl)c1Cl. The molecule has 118 valence electrons. The second-order valence-electron chi connectivity index (χ2n) is 6.74. The van der Waals surface area contributed by atoms with Crippen molar-refractivity contribution < 1.29 is 0 Å². The zero-order valence-electron chi connectivity index (χ0n) is 13.5. The number of nitrogens with zero attached hydrogens (tertiary/aromatic N) is 1. The summed E-state index contributed by atoms with van der Waals surface area (Å²) in [4.78, 5) is 2.58. The van der Waals surface area contributed by atoms with Crippen LogP contribution in [0.4, 0.5) is 0 Å². The van der Waals surface area contributed by atoms with Crippen molar-refractivity contribution in [1.82, 2.24) is 10.2 Å². The summed E-state index contributed by atoms with van der Waals surface area (Å²) in [5.74, 6) is 0. The van der Waals surface area contributed by atoms with Crippen molar-refractivity contribution in [3.05, 3.63) is 33.8 Å². The van der Waals surface area contributed by atoms with Gasteiger partial charge in [0.15, 0.2) is 0 Å². The first-order valence-electron chi connectivity index (χ1n) is 7.76. The minimum Gasteiger partial charge on any atom is -0.309 e. The van der Waals surface area contributed by atoms with Gasteiger partial charge in [0.05, 0.1) is 10.0 Å². The number of nitrogens with one attached hydrogen (secondary N) is 1. The number of piperazine rings is 1. The first kappa shape index (κ1) is 17.1. The van der Waals surface area contributed by atoms with E-state index in [9.17, 15) is 0 Å². The van der Waals surface area contributed by atoms with Crippen LogP contribution < -0.4 is 5.32 Å². The third-order valence-corrected chi connectivity index (χ3v) is 5.72. The van der Waals surface area contributed by atoms with Gasteiger partial charge in [-0.2, -0.15) is 0 Å². The highest BCUT2D eigenvalue weighted by molar-refractivity contribution is 6.42. The Morgan fingerprint density at radius 2 is 1.86 bits per heavy atom. The monoisotopic (exact) mass is 328 g/mol. The van der Waals surface area contributed by atoms with Gasteiger partial charge in [0.1, 0.15) is 0 Å². The first-order valence-corrected chi connectivity index (χ1v) is 8.52. The first-order chi connectivity index (χ1) is 9.83. The molecule has 21 heavy (non-hydrogen) atoms. The molecule has 0 radical (unpaired) electrons.